The van der Waals surface area contributed by atoms with Crippen molar-refractivity contribution < 1.29 is 18.4 Å². The predicted octanol–water partition coefficient (Wildman–Crippen LogP) is 2.79. The van der Waals surface area contributed by atoms with Crippen molar-refractivity contribution in [1.82, 2.24) is 14.8 Å². The van der Waals surface area contributed by atoms with E-state index in [1.807, 2.05) is 12.1 Å². The normalized spacial score (nSPS) is 16.1. The van der Waals surface area contributed by atoms with Crippen molar-refractivity contribution >= 4 is 23.3 Å². The number of rotatable bonds is 6. The smallest absolute Gasteiger partial charge is 0.231 e. The Hall–Kier alpha value is -3.62. The molecule has 1 N–H and O–H groups in total. The summed E-state index contributed by atoms with van der Waals surface area (Å²) < 4.78 is 28.8. The summed E-state index contributed by atoms with van der Waals surface area (Å²) in [5.41, 5.74) is 1.10. The lowest BCUT2D eigenvalue weighted by molar-refractivity contribution is -0.122. The molecule has 1 atom stereocenters. The van der Waals surface area contributed by atoms with Gasteiger partial charge in [-0.25, -0.2) is 8.78 Å². The molecule has 2 aromatic heterocycles. The molecular formula is C21H19F2N5O2. The molecule has 0 radical (unpaired) electrons. The molecule has 0 bridgehead atoms. The number of benzene rings is 1. The minimum absolute atomic E-state index is 0.0238. The van der Waals surface area contributed by atoms with Crippen molar-refractivity contribution in [1.29, 1.82) is 0 Å². The number of anilines is 2. The van der Waals surface area contributed by atoms with Gasteiger partial charge in [0.05, 0.1) is 11.6 Å². The molecule has 2 amide bonds. The van der Waals surface area contributed by atoms with E-state index in [1.165, 1.54) is 11.0 Å². The largest absolute Gasteiger partial charge is 0.309 e. The summed E-state index contributed by atoms with van der Waals surface area (Å²) in [5, 5.41) is 7.03. The first-order valence-electron chi connectivity index (χ1n) is 9.48. The fourth-order valence-corrected chi connectivity index (χ4v) is 3.39. The Morgan fingerprint density at radius 1 is 1.17 bits per heavy atom. The third kappa shape index (κ3) is 4.35. The second kappa shape index (κ2) is 8.40. The topological polar surface area (TPSA) is 80.1 Å². The first-order valence-corrected chi connectivity index (χ1v) is 9.48. The van der Waals surface area contributed by atoms with Crippen LogP contribution < -0.4 is 10.2 Å². The number of pyridine rings is 1. The summed E-state index contributed by atoms with van der Waals surface area (Å²) in [7, 11) is 0. The van der Waals surface area contributed by atoms with Crippen LogP contribution in [0.4, 0.5) is 20.3 Å². The molecular weight excluding hydrogens is 392 g/mol. The second-order valence-electron chi connectivity index (χ2n) is 7.06. The molecule has 0 aliphatic carbocycles. The quantitative estimate of drug-likeness (QED) is 0.677. The lowest BCUT2D eigenvalue weighted by Crippen LogP contribution is -2.28. The van der Waals surface area contributed by atoms with Crippen LogP contribution in [-0.4, -0.2) is 33.1 Å². The van der Waals surface area contributed by atoms with Gasteiger partial charge in [0, 0.05) is 50.2 Å². The maximum atomic E-state index is 14.0. The molecule has 1 saturated heterocycles. The minimum atomic E-state index is -0.836. The molecule has 1 fully saturated rings. The highest BCUT2D eigenvalue weighted by Gasteiger charge is 2.36. The van der Waals surface area contributed by atoms with Crippen molar-refractivity contribution in [3.8, 4) is 0 Å². The van der Waals surface area contributed by atoms with Gasteiger partial charge in [-0.1, -0.05) is 0 Å². The summed E-state index contributed by atoms with van der Waals surface area (Å²) in [6.45, 7) is 0.662. The Morgan fingerprint density at radius 3 is 2.73 bits per heavy atom. The molecule has 0 saturated carbocycles. The van der Waals surface area contributed by atoms with Crippen molar-refractivity contribution in [3.05, 3.63) is 72.2 Å². The van der Waals surface area contributed by atoms with Crippen LogP contribution in [0.5, 0.6) is 0 Å². The van der Waals surface area contributed by atoms with E-state index in [-0.39, 0.29) is 30.5 Å². The van der Waals surface area contributed by atoms with Gasteiger partial charge >= 0.3 is 0 Å². The number of nitrogens with one attached hydrogen (secondary N) is 1. The number of hydrogen-bond donors (Lipinski definition) is 1. The highest BCUT2D eigenvalue weighted by atomic mass is 19.1. The Labute approximate surface area is 171 Å². The SMILES string of the molecule is O=C(Nc1ccn(CCc2ccncc2)n1)C1CC(=O)N(c2ccc(F)cc2F)C1. The van der Waals surface area contributed by atoms with Gasteiger partial charge in [0.15, 0.2) is 5.82 Å². The molecule has 9 heteroatoms. The lowest BCUT2D eigenvalue weighted by atomic mass is 10.1. The average molecular weight is 411 g/mol. The Bertz CT molecular complexity index is 1070. The summed E-state index contributed by atoms with van der Waals surface area (Å²) in [5.74, 6) is -2.58. The van der Waals surface area contributed by atoms with Gasteiger partial charge in [-0.2, -0.15) is 5.10 Å². The van der Waals surface area contributed by atoms with Gasteiger partial charge in [-0.05, 0) is 36.2 Å². The highest BCUT2D eigenvalue weighted by Crippen LogP contribution is 2.28. The van der Waals surface area contributed by atoms with Crippen LogP contribution in [0.3, 0.4) is 0 Å². The molecule has 1 aromatic carbocycles. The van der Waals surface area contributed by atoms with Crippen LogP contribution in [0.25, 0.3) is 0 Å². The van der Waals surface area contributed by atoms with Gasteiger partial charge in [-0.15, -0.1) is 0 Å². The molecule has 1 unspecified atom stereocenters. The predicted molar refractivity (Wildman–Crippen MR) is 106 cm³/mol. The van der Waals surface area contributed by atoms with Crippen LogP contribution in [0, 0.1) is 17.6 Å². The van der Waals surface area contributed by atoms with E-state index in [9.17, 15) is 18.4 Å². The highest BCUT2D eigenvalue weighted by molar-refractivity contribution is 6.03. The van der Waals surface area contributed by atoms with Gasteiger partial charge in [-0.3, -0.25) is 19.3 Å². The number of carbonyl (C=O) groups excluding carboxylic acids is 2. The van der Waals surface area contributed by atoms with Crippen LogP contribution in [0.1, 0.15) is 12.0 Å². The van der Waals surface area contributed by atoms with Gasteiger partial charge in [0.2, 0.25) is 11.8 Å². The van der Waals surface area contributed by atoms with Crippen molar-refractivity contribution in [2.24, 2.45) is 5.92 Å². The molecule has 1 aliphatic rings. The van der Waals surface area contributed by atoms with Gasteiger partial charge < -0.3 is 10.2 Å². The second-order valence-corrected chi connectivity index (χ2v) is 7.06. The van der Waals surface area contributed by atoms with Crippen LogP contribution in [0.2, 0.25) is 0 Å². The number of carbonyl (C=O) groups is 2. The average Bonchev–Trinajstić information content (AvgIpc) is 3.34. The maximum Gasteiger partial charge on any atom is 0.231 e. The molecule has 30 heavy (non-hydrogen) atoms. The van der Waals surface area contributed by atoms with Crippen LogP contribution >= 0.6 is 0 Å². The van der Waals surface area contributed by atoms with E-state index in [1.54, 1.807) is 29.3 Å². The van der Waals surface area contributed by atoms with Gasteiger partial charge in [0.25, 0.3) is 0 Å². The first kappa shape index (κ1) is 19.7. The van der Waals surface area contributed by atoms with Crippen molar-refractivity contribution in [2.75, 3.05) is 16.8 Å². The lowest BCUT2D eigenvalue weighted by Gasteiger charge is -2.17. The minimum Gasteiger partial charge on any atom is -0.309 e. The number of amides is 2. The van der Waals surface area contributed by atoms with E-state index in [2.05, 4.69) is 15.4 Å². The monoisotopic (exact) mass is 411 g/mol. The van der Waals surface area contributed by atoms with Crippen LogP contribution in [-0.2, 0) is 22.6 Å². The standard InChI is InChI=1S/C21H19F2N5O2/c22-16-1-2-18(17(23)12-16)28-13-15(11-20(28)29)21(30)25-19-6-10-27(26-19)9-5-14-3-7-24-8-4-14/h1-4,6-8,10,12,15H,5,9,11,13H2,(H,25,26,30). The fourth-order valence-electron chi connectivity index (χ4n) is 3.39. The Morgan fingerprint density at radius 2 is 1.97 bits per heavy atom. The number of aromatic nitrogens is 3. The number of hydrogen-bond acceptors (Lipinski definition) is 4. The number of nitrogens with zero attached hydrogens (tertiary/aromatic N) is 4. The van der Waals surface area contributed by atoms with E-state index in [0.717, 1.165) is 18.1 Å². The zero-order valence-electron chi connectivity index (χ0n) is 16.0. The van der Waals surface area contributed by atoms with E-state index < -0.39 is 17.6 Å². The molecule has 3 heterocycles. The zero-order valence-corrected chi connectivity index (χ0v) is 16.0. The van der Waals surface area contributed by atoms with E-state index >= 15 is 0 Å². The summed E-state index contributed by atoms with van der Waals surface area (Å²) in [4.78, 5) is 30.0. The van der Waals surface area contributed by atoms with Crippen molar-refractivity contribution in [3.63, 3.8) is 0 Å². The summed E-state index contributed by atoms with van der Waals surface area (Å²) in [6.07, 6.45) is 5.94. The van der Waals surface area contributed by atoms with Gasteiger partial charge in [0.1, 0.15) is 11.6 Å². The van der Waals surface area contributed by atoms with Crippen LogP contribution in [0.15, 0.2) is 55.0 Å². The fraction of sp³-hybridized carbons (Fsp3) is 0.238. The summed E-state index contributed by atoms with van der Waals surface area (Å²) >= 11 is 0. The number of aryl methyl sites for hydroxylation is 2. The third-order valence-electron chi connectivity index (χ3n) is 4.97. The first-order chi connectivity index (χ1) is 14.5. The molecule has 7 nitrogen and oxygen atoms in total. The molecule has 154 valence electrons. The van der Waals surface area contributed by atoms with Crippen molar-refractivity contribution in [2.45, 2.75) is 19.4 Å². The molecule has 1 aliphatic heterocycles. The maximum absolute atomic E-state index is 14.0. The Balaban J connectivity index is 1.35. The summed E-state index contributed by atoms with van der Waals surface area (Å²) in [6, 6.07) is 8.54. The Kier molecular flexibility index (Phi) is 5.51. The zero-order chi connectivity index (χ0) is 21.1. The van der Waals surface area contributed by atoms with E-state index in [0.29, 0.717) is 18.4 Å². The number of halogens is 2. The van der Waals surface area contributed by atoms with E-state index in [4.69, 9.17) is 0 Å². The molecule has 4 rings (SSSR count). The third-order valence-corrected chi connectivity index (χ3v) is 4.97. The molecule has 0 spiro atoms. The molecule has 3 aromatic rings.